The quantitative estimate of drug-likeness (QED) is 0.655. The van der Waals surface area contributed by atoms with Crippen LogP contribution >= 0.6 is 0 Å². The first-order valence-corrected chi connectivity index (χ1v) is 7.86. The van der Waals surface area contributed by atoms with Crippen LogP contribution in [0.4, 0.5) is 0 Å². The number of amides is 1. The molecule has 0 unspecified atom stereocenters. The van der Waals surface area contributed by atoms with Crippen LogP contribution in [0.15, 0.2) is 18.7 Å². The maximum atomic E-state index is 11.2. The molecule has 3 heterocycles. The Hall–Kier alpha value is -2.48. The molecular formula is C15H21N7O. The summed E-state index contributed by atoms with van der Waals surface area (Å²) in [7, 11) is 0. The third-order valence-corrected chi connectivity index (χ3v) is 4.28. The maximum Gasteiger partial charge on any atom is 0.252 e. The lowest BCUT2D eigenvalue weighted by Crippen LogP contribution is -2.16. The van der Waals surface area contributed by atoms with Gasteiger partial charge in [-0.2, -0.15) is 0 Å². The zero-order valence-electron chi connectivity index (χ0n) is 12.9. The van der Waals surface area contributed by atoms with E-state index in [1.807, 2.05) is 0 Å². The van der Waals surface area contributed by atoms with Crippen molar-refractivity contribution in [1.29, 1.82) is 0 Å². The molecule has 3 aromatic rings. The third kappa shape index (κ3) is 3.16. The lowest BCUT2D eigenvalue weighted by atomic mass is 9.90. The van der Waals surface area contributed by atoms with Gasteiger partial charge in [-0.15, -0.1) is 10.2 Å². The molecule has 1 fully saturated rings. The second-order valence-electron chi connectivity index (χ2n) is 5.82. The SMILES string of the molecule is NC(=O)c1c[nH]c2ncc3nncn3c12.NCC1CCCCC1. The summed E-state index contributed by atoms with van der Waals surface area (Å²) >= 11 is 0. The fourth-order valence-electron chi connectivity index (χ4n) is 2.98. The summed E-state index contributed by atoms with van der Waals surface area (Å²) in [6, 6.07) is 0. The third-order valence-electron chi connectivity index (χ3n) is 4.28. The van der Waals surface area contributed by atoms with Crippen LogP contribution in [-0.4, -0.2) is 37.0 Å². The Balaban J connectivity index is 0.000000166. The molecule has 1 saturated carbocycles. The van der Waals surface area contributed by atoms with Crippen molar-refractivity contribution in [2.75, 3.05) is 6.54 Å². The average molecular weight is 315 g/mol. The molecule has 3 aromatic heterocycles. The van der Waals surface area contributed by atoms with Crippen LogP contribution < -0.4 is 11.5 Å². The Kier molecular flexibility index (Phi) is 4.52. The van der Waals surface area contributed by atoms with E-state index < -0.39 is 5.91 Å². The molecule has 8 heteroatoms. The molecule has 1 amide bonds. The number of rotatable bonds is 2. The van der Waals surface area contributed by atoms with Gasteiger partial charge in [0.05, 0.1) is 11.8 Å². The molecule has 0 atom stereocenters. The Bertz CT molecular complexity index is 800. The highest BCUT2D eigenvalue weighted by molar-refractivity contribution is 6.04. The molecule has 0 spiro atoms. The van der Waals surface area contributed by atoms with Gasteiger partial charge in [-0.1, -0.05) is 19.3 Å². The maximum absolute atomic E-state index is 11.2. The summed E-state index contributed by atoms with van der Waals surface area (Å²) in [4.78, 5) is 18.1. The number of fused-ring (bicyclic) bond motifs is 3. The van der Waals surface area contributed by atoms with Crippen LogP contribution in [0.25, 0.3) is 16.8 Å². The van der Waals surface area contributed by atoms with Gasteiger partial charge in [-0.3, -0.25) is 9.20 Å². The number of H-pyrrole nitrogens is 1. The summed E-state index contributed by atoms with van der Waals surface area (Å²) in [5.74, 6) is 0.355. The van der Waals surface area contributed by atoms with Gasteiger partial charge in [-0.05, 0) is 25.3 Å². The van der Waals surface area contributed by atoms with Gasteiger partial charge >= 0.3 is 0 Å². The predicted molar refractivity (Wildman–Crippen MR) is 86.8 cm³/mol. The second kappa shape index (κ2) is 6.74. The minimum Gasteiger partial charge on any atom is -0.365 e. The molecule has 122 valence electrons. The first kappa shape index (κ1) is 15.4. The molecule has 0 saturated heterocycles. The van der Waals surface area contributed by atoms with Gasteiger partial charge < -0.3 is 16.5 Å². The van der Waals surface area contributed by atoms with E-state index in [0.29, 0.717) is 22.4 Å². The van der Waals surface area contributed by atoms with Crippen molar-refractivity contribution < 1.29 is 4.79 Å². The van der Waals surface area contributed by atoms with Crippen molar-refractivity contribution in [2.45, 2.75) is 32.1 Å². The number of nitrogens with zero attached hydrogens (tertiary/aromatic N) is 4. The number of carbonyl (C=O) groups excluding carboxylic acids is 1. The summed E-state index contributed by atoms with van der Waals surface area (Å²) in [6.45, 7) is 0.917. The summed E-state index contributed by atoms with van der Waals surface area (Å²) < 4.78 is 1.67. The molecule has 0 aliphatic heterocycles. The van der Waals surface area contributed by atoms with Gasteiger partial charge in [0, 0.05) is 6.20 Å². The summed E-state index contributed by atoms with van der Waals surface area (Å²) in [5, 5.41) is 7.57. The van der Waals surface area contributed by atoms with E-state index in [1.165, 1.54) is 44.6 Å². The van der Waals surface area contributed by atoms with Crippen molar-refractivity contribution in [3.05, 3.63) is 24.3 Å². The Morgan fingerprint density at radius 1 is 1.35 bits per heavy atom. The number of primary amides is 1. The van der Waals surface area contributed by atoms with Gasteiger partial charge in [0.25, 0.3) is 5.91 Å². The number of aromatic nitrogens is 5. The number of hydrogen-bond acceptors (Lipinski definition) is 5. The number of nitrogens with one attached hydrogen (secondary N) is 1. The normalized spacial score (nSPS) is 15.5. The minimum absolute atomic E-state index is 0.378. The molecule has 5 N–H and O–H groups in total. The lowest BCUT2D eigenvalue weighted by molar-refractivity contribution is 0.100. The monoisotopic (exact) mass is 315 g/mol. The number of aromatic amines is 1. The molecule has 1 aliphatic carbocycles. The fourth-order valence-corrected chi connectivity index (χ4v) is 2.98. The van der Waals surface area contributed by atoms with Crippen LogP contribution in [0.5, 0.6) is 0 Å². The highest BCUT2D eigenvalue weighted by Crippen LogP contribution is 2.21. The molecule has 0 bridgehead atoms. The number of hydrogen-bond donors (Lipinski definition) is 3. The van der Waals surface area contributed by atoms with Crippen molar-refractivity contribution >= 4 is 22.7 Å². The lowest BCUT2D eigenvalue weighted by Gasteiger charge is -2.18. The topological polar surface area (TPSA) is 128 Å². The van der Waals surface area contributed by atoms with Gasteiger partial charge in [0.2, 0.25) is 0 Å². The van der Waals surface area contributed by atoms with E-state index in [-0.39, 0.29) is 0 Å². The zero-order valence-corrected chi connectivity index (χ0v) is 12.9. The van der Waals surface area contributed by atoms with Crippen LogP contribution in [0.3, 0.4) is 0 Å². The summed E-state index contributed by atoms with van der Waals surface area (Å²) in [5.41, 5.74) is 12.9. The Labute approximate surface area is 133 Å². The van der Waals surface area contributed by atoms with Crippen LogP contribution in [0, 0.1) is 5.92 Å². The van der Waals surface area contributed by atoms with Crippen LogP contribution in [-0.2, 0) is 0 Å². The average Bonchev–Trinajstić information content (AvgIpc) is 3.21. The molecule has 8 nitrogen and oxygen atoms in total. The highest BCUT2D eigenvalue weighted by Gasteiger charge is 2.13. The fraction of sp³-hybridized carbons (Fsp3) is 0.467. The van der Waals surface area contributed by atoms with Crippen molar-refractivity contribution in [3.63, 3.8) is 0 Å². The second-order valence-corrected chi connectivity index (χ2v) is 5.82. The van der Waals surface area contributed by atoms with Crippen molar-refractivity contribution in [1.82, 2.24) is 24.6 Å². The molecule has 0 radical (unpaired) electrons. The standard InChI is InChI=1S/C8H6N6O.C7H15N/c9-7(15)4-1-10-8-6(4)14-3-12-13-5(14)2-11-8;8-6-7-4-2-1-3-5-7/h1-3,10H,(H2,9,15);7H,1-6,8H2. The Morgan fingerprint density at radius 2 is 2.13 bits per heavy atom. The van der Waals surface area contributed by atoms with Crippen molar-refractivity contribution in [2.24, 2.45) is 17.4 Å². The highest BCUT2D eigenvalue weighted by atomic mass is 16.1. The van der Waals surface area contributed by atoms with E-state index in [0.717, 1.165) is 12.5 Å². The minimum atomic E-state index is -0.510. The molecule has 1 aliphatic rings. The number of nitrogens with two attached hydrogens (primary N) is 2. The summed E-state index contributed by atoms with van der Waals surface area (Å²) in [6.07, 6.45) is 11.7. The molecule has 4 rings (SSSR count). The van der Waals surface area contributed by atoms with Crippen molar-refractivity contribution in [3.8, 4) is 0 Å². The van der Waals surface area contributed by atoms with E-state index in [4.69, 9.17) is 11.5 Å². The van der Waals surface area contributed by atoms with E-state index in [2.05, 4.69) is 20.2 Å². The predicted octanol–water partition coefficient (Wildman–Crippen LogP) is 1.23. The van der Waals surface area contributed by atoms with Gasteiger partial charge in [0.1, 0.15) is 11.8 Å². The largest absolute Gasteiger partial charge is 0.365 e. The van der Waals surface area contributed by atoms with E-state index in [9.17, 15) is 4.79 Å². The smallest absolute Gasteiger partial charge is 0.252 e. The molecule has 0 aromatic carbocycles. The molecular weight excluding hydrogens is 294 g/mol. The van der Waals surface area contributed by atoms with E-state index >= 15 is 0 Å². The van der Waals surface area contributed by atoms with Gasteiger partial charge in [0.15, 0.2) is 11.3 Å². The first-order valence-electron chi connectivity index (χ1n) is 7.86. The Morgan fingerprint density at radius 3 is 2.78 bits per heavy atom. The zero-order chi connectivity index (χ0) is 16.2. The van der Waals surface area contributed by atoms with Gasteiger partial charge in [-0.25, -0.2) is 4.98 Å². The van der Waals surface area contributed by atoms with E-state index in [1.54, 1.807) is 10.6 Å². The molecule has 23 heavy (non-hydrogen) atoms. The first-order chi connectivity index (χ1) is 11.2. The van der Waals surface area contributed by atoms with Crippen LogP contribution in [0.1, 0.15) is 42.5 Å². The van der Waals surface area contributed by atoms with Crippen LogP contribution in [0.2, 0.25) is 0 Å². The number of carbonyl (C=O) groups is 1.